The van der Waals surface area contributed by atoms with E-state index in [0.29, 0.717) is 6.04 Å². The van der Waals surface area contributed by atoms with Crippen LogP contribution in [0.5, 0.6) is 0 Å². The number of hydrogen-bond donors (Lipinski definition) is 1. The highest BCUT2D eigenvalue weighted by Gasteiger charge is 2.15. The van der Waals surface area contributed by atoms with Crippen LogP contribution in [0.4, 0.5) is 5.13 Å². The molecule has 1 aromatic heterocycles. The minimum Gasteiger partial charge on any atom is -0.348 e. The fraction of sp³-hybridized carbons (Fsp3) is 0.769. The highest BCUT2D eigenvalue weighted by atomic mass is 32.2. The maximum absolute atomic E-state index is 4.69. The lowest BCUT2D eigenvalue weighted by Crippen LogP contribution is -2.30. The third kappa shape index (κ3) is 4.44. The first kappa shape index (κ1) is 15.8. The normalized spacial score (nSPS) is 12.7. The van der Waals surface area contributed by atoms with Crippen molar-refractivity contribution in [2.24, 2.45) is 0 Å². The second-order valence-electron chi connectivity index (χ2n) is 4.60. The van der Waals surface area contributed by atoms with E-state index in [9.17, 15) is 0 Å². The van der Waals surface area contributed by atoms with E-state index in [4.69, 9.17) is 0 Å². The van der Waals surface area contributed by atoms with Crippen LogP contribution in [0, 0.1) is 6.92 Å². The van der Waals surface area contributed by atoms with Gasteiger partial charge in [0.05, 0.1) is 5.69 Å². The minimum absolute atomic E-state index is 0.530. The number of hydrogen-bond acceptors (Lipinski definition) is 5. The minimum atomic E-state index is 0.530. The van der Waals surface area contributed by atoms with Crippen LogP contribution in [0.15, 0.2) is 0 Å². The Balaban J connectivity index is 2.64. The van der Waals surface area contributed by atoms with Gasteiger partial charge in [-0.05, 0) is 33.1 Å². The molecular formula is C13H25N3S2. The molecule has 18 heavy (non-hydrogen) atoms. The number of anilines is 1. The van der Waals surface area contributed by atoms with Gasteiger partial charge in [0.15, 0.2) is 5.13 Å². The van der Waals surface area contributed by atoms with Gasteiger partial charge in [-0.1, -0.05) is 6.92 Å². The number of aromatic nitrogens is 1. The Morgan fingerprint density at radius 1 is 1.50 bits per heavy atom. The Labute approximate surface area is 119 Å². The lowest BCUT2D eigenvalue weighted by Gasteiger charge is -2.23. The van der Waals surface area contributed by atoms with Gasteiger partial charge in [-0.2, -0.15) is 11.8 Å². The van der Waals surface area contributed by atoms with Crippen molar-refractivity contribution in [3.63, 3.8) is 0 Å². The van der Waals surface area contributed by atoms with Crippen molar-refractivity contribution in [2.45, 2.75) is 39.8 Å². The monoisotopic (exact) mass is 287 g/mol. The van der Waals surface area contributed by atoms with Gasteiger partial charge in [0.1, 0.15) is 0 Å². The van der Waals surface area contributed by atoms with E-state index in [1.54, 1.807) is 0 Å². The number of nitrogens with one attached hydrogen (secondary N) is 1. The summed E-state index contributed by atoms with van der Waals surface area (Å²) < 4.78 is 0. The second kappa shape index (κ2) is 8.02. The number of thiazole rings is 1. The molecule has 1 N–H and O–H groups in total. The van der Waals surface area contributed by atoms with Crippen LogP contribution in [-0.2, 0) is 6.54 Å². The summed E-state index contributed by atoms with van der Waals surface area (Å²) in [4.78, 5) is 8.34. The molecule has 1 atom stereocenters. The Kier molecular flexibility index (Phi) is 7.04. The first-order valence-corrected chi connectivity index (χ1v) is 8.70. The number of nitrogens with zero attached hydrogens (tertiary/aromatic N) is 2. The first-order chi connectivity index (χ1) is 8.60. The van der Waals surface area contributed by atoms with Crippen molar-refractivity contribution >= 4 is 28.2 Å². The van der Waals surface area contributed by atoms with E-state index < -0.39 is 0 Å². The summed E-state index contributed by atoms with van der Waals surface area (Å²) in [6, 6.07) is 0.530. The molecule has 1 rings (SSSR count). The molecule has 0 saturated carbocycles. The topological polar surface area (TPSA) is 28.2 Å². The Morgan fingerprint density at radius 2 is 2.22 bits per heavy atom. The lowest BCUT2D eigenvalue weighted by atomic mass is 10.3. The van der Waals surface area contributed by atoms with Crippen LogP contribution in [0.1, 0.15) is 30.8 Å². The molecule has 1 aromatic rings. The summed E-state index contributed by atoms with van der Waals surface area (Å²) in [7, 11) is 2.14. The standard InChI is InChI=1S/C13H25N3S2/c1-6-7-14-8-12-11(3)15-13(18-12)16(4)10(2)9-17-5/h10,14H,6-9H2,1-5H3. The highest BCUT2D eigenvalue weighted by molar-refractivity contribution is 7.98. The molecular weight excluding hydrogens is 262 g/mol. The summed E-state index contributed by atoms with van der Waals surface area (Å²) >= 11 is 3.70. The first-order valence-electron chi connectivity index (χ1n) is 6.48. The predicted molar refractivity (Wildman–Crippen MR) is 85.1 cm³/mol. The molecule has 0 fully saturated rings. The zero-order chi connectivity index (χ0) is 13.5. The van der Waals surface area contributed by atoms with Crippen molar-refractivity contribution < 1.29 is 0 Å². The zero-order valence-corrected chi connectivity index (χ0v) is 13.7. The summed E-state index contributed by atoms with van der Waals surface area (Å²) in [6.45, 7) is 8.57. The molecule has 3 nitrogen and oxygen atoms in total. The van der Waals surface area contributed by atoms with Gasteiger partial charge in [0, 0.05) is 30.3 Å². The molecule has 1 unspecified atom stereocenters. The van der Waals surface area contributed by atoms with Gasteiger partial charge in [0.2, 0.25) is 0 Å². The number of rotatable bonds is 8. The largest absolute Gasteiger partial charge is 0.348 e. The van der Waals surface area contributed by atoms with Crippen LogP contribution < -0.4 is 10.2 Å². The average Bonchev–Trinajstić information content (AvgIpc) is 2.71. The highest BCUT2D eigenvalue weighted by Crippen LogP contribution is 2.26. The van der Waals surface area contributed by atoms with Crippen molar-refractivity contribution in [2.75, 3.05) is 30.5 Å². The number of aryl methyl sites for hydroxylation is 1. The smallest absolute Gasteiger partial charge is 0.185 e. The van der Waals surface area contributed by atoms with Crippen LogP contribution in [0.3, 0.4) is 0 Å². The summed E-state index contributed by atoms with van der Waals surface area (Å²) in [6.07, 6.45) is 3.33. The van der Waals surface area contributed by atoms with Gasteiger partial charge < -0.3 is 10.2 Å². The molecule has 0 radical (unpaired) electrons. The molecule has 0 bridgehead atoms. The molecule has 0 aromatic carbocycles. The van der Waals surface area contributed by atoms with Crippen LogP contribution >= 0.6 is 23.1 Å². The third-order valence-electron chi connectivity index (χ3n) is 2.96. The molecule has 5 heteroatoms. The van der Waals surface area contributed by atoms with Crippen molar-refractivity contribution in [3.8, 4) is 0 Å². The van der Waals surface area contributed by atoms with Crippen molar-refractivity contribution in [3.05, 3.63) is 10.6 Å². The fourth-order valence-corrected chi connectivity index (χ4v) is 3.45. The van der Waals surface area contributed by atoms with Crippen LogP contribution in [0.2, 0.25) is 0 Å². The lowest BCUT2D eigenvalue weighted by molar-refractivity contribution is 0.678. The quantitative estimate of drug-likeness (QED) is 0.744. The van der Waals surface area contributed by atoms with Crippen molar-refractivity contribution in [1.29, 1.82) is 0 Å². The molecule has 0 aliphatic heterocycles. The Bertz CT molecular complexity index is 352. The van der Waals surface area contributed by atoms with E-state index in [1.807, 2.05) is 23.1 Å². The van der Waals surface area contributed by atoms with Gasteiger partial charge in [-0.25, -0.2) is 4.98 Å². The molecule has 0 aliphatic rings. The average molecular weight is 287 g/mol. The Hall–Kier alpha value is -0.260. The molecule has 1 heterocycles. The summed E-state index contributed by atoms with van der Waals surface area (Å²) in [5, 5.41) is 4.59. The van der Waals surface area contributed by atoms with E-state index in [1.165, 1.54) is 17.0 Å². The Morgan fingerprint density at radius 3 is 2.83 bits per heavy atom. The fourth-order valence-electron chi connectivity index (χ4n) is 1.65. The predicted octanol–water partition coefficient (Wildman–Crippen LogP) is 3.14. The molecule has 0 aliphatic carbocycles. The third-order valence-corrected chi connectivity index (χ3v) is 5.03. The summed E-state index contributed by atoms with van der Waals surface area (Å²) in [5.41, 5.74) is 1.17. The summed E-state index contributed by atoms with van der Waals surface area (Å²) in [5.74, 6) is 1.14. The molecule has 0 amide bonds. The maximum atomic E-state index is 4.69. The number of thioether (sulfide) groups is 1. The molecule has 0 spiro atoms. The van der Waals surface area contributed by atoms with E-state index in [-0.39, 0.29) is 0 Å². The van der Waals surface area contributed by atoms with Gasteiger partial charge in [-0.3, -0.25) is 0 Å². The van der Waals surface area contributed by atoms with E-state index in [2.05, 4.69) is 49.3 Å². The van der Waals surface area contributed by atoms with Gasteiger partial charge >= 0.3 is 0 Å². The SMILES string of the molecule is CCCNCc1sc(N(C)C(C)CSC)nc1C. The second-order valence-corrected chi connectivity index (χ2v) is 6.57. The maximum Gasteiger partial charge on any atom is 0.185 e. The zero-order valence-electron chi connectivity index (χ0n) is 12.1. The van der Waals surface area contributed by atoms with Gasteiger partial charge in [-0.15, -0.1) is 11.3 Å². The van der Waals surface area contributed by atoms with Crippen LogP contribution in [-0.4, -0.2) is 36.6 Å². The van der Waals surface area contributed by atoms with Crippen LogP contribution in [0.25, 0.3) is 0 Å². The van der Waals surface area contributed by atoms with Crippen molar-refractivity contribution in [1.82, 2.24) is 10.3 Å². The molecule has 0 saturated heterocycles. The van der Waals surface area contributed by atoms with E-state index in [0.717, 1.165) is 24.0 Å². The van der Waals surface area contributed by atoms with E-state index >= 15 is 0 Å². The molecule has 104 valence electrons. The van der Waals surface area contributed by atoms with Gasteiger partial charge in [0.25, 0.3) is 0 Å².